The van der Waals surface area contributed by atoms with Crippen LogP contribution in [0.1, 0.15) is 34.3 Å². The molecule has 0 aliphatic carbocycles. The predicted octanol–water partition coefficient (Wildman–Crippen LogP) is 5.38. The molecule has 0 amide bonds. The molecule has 0 aromatic heterocycles. The van der Waals surface area contributed by atoms with Gasteiger partial charge in [0.1, 0.15) is 0 Å². The molecular formula is C28H22B2F6O3. The second-order valence-corrected chi connectivity index (χ2v) is 8.93. The summed E-state index contributed by atoms with van der Waals surface area (Å²) >= 11 is 0. The van der Waals surface area contributed by atoms with Crippen LogP contribution in [-0.2, 0) is 17.1 Å². The number of halogens is 6. The Labute approximate surface area is 221 Å². The number of hydrogen-bond donors (Lipinski definition) is 2. The van der Waals surface area contributed by atoms with Gasteiger partial charge < -0.3 is 14.8 Å². The smallest absolute Gasteiger partial charge is 0.416 e. The average Bonchev–Trinajstić information content (AvgIpc) is 2.93. The van der Waals surface area contributed by atoms with Gasteiger partial charge in [-0.15, -0.1) is 0 Å². The third-order valence-electron chi connectivity index (χ3n) is 6.28. The zero-order valence-corrected chi connectivity index (χ0v) is 20.3. The van der Waals surface area contributed by atoms with Crippen LogP contribution >= 0.6 is 0 Å². The zero-order chi connectivity index (χ0) is 28.2. The number of benzene rings is 4. The largest absolute Gasteiger partial charge is 0.445 e. The van der Waals surface area contributed by atoms with E-state index in [-0.39, 0.29) is 10.9 Å². The minimum atomic E-state index is -4.55. The molecule has 0 spiro atoms. The molecule has 4 aromatic rings. The monoisotopic (exact) mass is 542 g/mol. The van der Waals surface area contributed by atoms with E-state index in [2.05, 4.69) is 0 Å². The molecule has 0 saturated heterocycles. The van der Waals surface area contributed by atoms with Crippen LogP contribution in [-0.4, -0.2) is 23.9 Å². The summed E-state index contributed by atoms with van der Waals surface area (Å²) in [5.74, 6) is 0. The standard InChI is InChI=1S/C28H22B2F6O3/c31-27(32,33)21-11-15-23(16-12-21)29(37)25(19-7-3-1-4-8-19)39-26(20-9-5-2-6-10-20)30(38)24-17-13-22(14-18-24)28(34,35)36/h1-18,25-26,37-38H. The van der Waals surface area contributed by atoms with Crippen LogP contribution < -0.4 is 10.9 Å². The van der Waals surface area contributed by atoms with Crippen molar-refractivity contribution < 1.29 is 41.1 Å². The quantitative estimate of drug-likeness (QED) is 0.232. The first-order chi connectivity index (χ1) is 18.4. The molecule has 0 radical (unpaired) electrons. The van der Waals surface area contributed by atoms with Crippen molar-refractivity contribution in [2.45, 2.75) is 24.4 Å². The summed E-state index contributed by atoms with van der Waals surface area (Å²) in [5.41, 5.74) is -0.512. The molecule has 0 aliphatic rings. The maximum absolute atomic E-state index is 13.1. The van der Waals surface area contributed by atoms with E-state index in [1.54, 1.807) is 60.7 Å². The summed E-state index contributed by atoms with van der Waals surface area (Å²) in [6.45, 7) is -2.89. The van der Waals surface area contributed by atoms with E-state index in [0.29, 0.717) is 11.1 Å². The van der Waals surface area contributed by atoms with Gasteiger partial charge in [-0.2, -0.15) is 26.3 Å². The van der Waals surface area contributed by atoms with Gasteiger partial charge in [-0.3, -0.25) is 0 Å². The predicted molar refractivity (Wildman–Crippen MR) is 138 cm³/mol. The van der Waals surface area contributed by atoms with Crippen molar-refractivity contribution in [1.29, 1.82) is 0 Å². The molecule has 39 heavy (non-hydrogen) atoms. The van der Waals surface area contributed by atoms with Crippen molar-refractivity contribution in [3.05, 3.63) is 131 Å². The van der Waals surface area contributed by atoms with Gasteiger partial charge >= 0.3 is 26.2 Å². The Balaban J connectivity index is 1.72. The third-order valence-corrected chi connectivity index (χ3v) is 6.28. The number of rotatable bonds is 8. The summed E-state index contributed by atoms with van der Waals surface area (Å²) in [6.07, 6.45) is -9.11. The average molecular weight is 542 g/mol. The maximum Gasteiger partial charge on any atom is 0.416 e. The molecular weight excluding hydrogens is 520 g/mol. The zero-order valence-electron chi connectivity index (χ0n) is 20.3. The SMILES string of the molecule is OB(c1ccc(C(F)(F)F)cc1)C(OC(B(O)c1ccc(C(F)(F)F)cc1)c1ccccc1)c1ccccc1. The van der Waals surface area contributed by atoms with Crippen molar-refractivity contribution in [1.82, 2.24) is 0 Å². The Bertz CT molecular complexity index is 1230. The fourth-order valence-electron chi connectivity index (χ4n) is 4.20. The van der Waals surface area contributed by atoms with Crippen LogP contribution in [0.25, 0.3) is 0 Å². The minimum Gasteiger partial charge on any atom is -0.445 e. The van der Waals surface area contributed by atoms with Crippen LogP contribution in [0.4, 0.5) is 26.3 Å². The summed E-state index contributed by atoms with van der Waals surface area (Å²) in [5, 5.41) is 22.6. The van der Waals surface area contributed by atoms with E-state index in [1.807, 2.05) is 0 Å². The molecule has 0 aliphatic heterocycles. The van der Waals surface area contributed by atoms with E-state index in [0.717, 1.165) is 48.5 Å². The lowest BCUT2D eigenvalue weighted by atomic mass is 9.52. The molecule has 3 nitrogen and oxygen atoms in total. The first-order valence-corrected chi connectivity index (χ1v) is 11.9. The van der Waals surface area contributed by atoms with Gasteiger partial charge in [-0.25, -0.2) is 0 Å². The van der Waals surface area contributed by atoms with Gasteiger partial charge in [-0.05, 0) is 22.1 Å². The number of ether oxygens (including phenoxy) is 1. The Morgan fingerprint density at radius 3 is 1.08 bits per heavy atom. The van der Waals surface area contributed by atoms with Gasteiger partial charge in [0.05, 0.1) is 23.1 Å². The summed E-state index contributed by atoms with van der Waals surface area (Å²) < 4.78 is 84.7. The lowest BCUT2D eigenvalue weighted by Crippen LogP contribution is -2.44. The van der Waals surface area contributed by atoms with E-state index < -0.39 is 49.3 Å². The van der Waals surface area contributed by atoms with Crippen molar-refractivity contribution in [2.24, 2.45) is 0 Å². The van der Waals surface area contributed by atoms with Crippen LogP contribution in [0.15, 0.2) is 109 Å². The summed E-state index contributed by atoms with van der Waals surface area (Å²) in [7, 11) is 0. The highest BCUT2D eigenvalue weighted by molar-refractivity contribution is 6.68. The van der Waals surface area contributed by atoms with E-state index in [4.69, 9.17) is 4.74 Å². The molecule has 4 aromatic carbocycles. The van der Waals surface area contributed by atoms with Gasteiger partial charge in [0.25, 0.3) is 0 Å². The van der Waals surface area contributed by atoms with Crippen LogP contribution in [0.5, 0.6) is 0 Å². The Morgan fingerprint density at radius 2 is 0.795 bits per heavy atom. The number of alkyl halides is 6. The molecule has 2 N–H and O–H groups in total. The van der Waals surface area contributed by atoms with E-state index >= 15 is 0 Å². The van der Waals surface area contributed by atoms with Crippen molar-refractivity contribution in [2.75, 3.05) is 0 Å². The van der Waals surface area contributed by atoms with Crippen LogP contribution in [0.2, 0.25) is 0 Å². The molecule has 0 fully saturated rings. The summed E-state index contributed by atoms with van der Waals surface area (Å²) in [4.78, 5) is 0. The second kappa shape index (κ2) is 11.7. The van der Waals surface area contributed by atoms with E-state index in [1.165, 1.54) is 0 Å². The molecule has 200 valence electrons. The first kappa shape index (κ1) is 28.5. The van der Waals surface area contributed by atoms with Gasteiger partial charge in [0.15, 0.2) is 0 Å². The molecule has 11 heteroatoms. The topological polar surface area (TPSA) is 49.7 Å². The highest BCUT2D eigenvalue weighted by Gasteiger charge is 2.38. The van der Waals surface area contributed by atoms with Crippen molar-refractivity contribution in [3.8, 4) is 0 Å². The highest BCUT2D eigenvalue weighted by atomic mass is 19.4. The maximum atomic E-state index is 13.1. The van der Waals surface area contributed by atoms with Gasteiger partial charge in [0, 0.05) is 0 Å². The normalized spacial score (nSPS) is 13.5. The minimum absolute atomic E-state index is 0.146. The fourth-order valence-corrected chi connectivity index (χ4v) is 4.20. The second-order valence-electron chi connectivity index (χ2n) is 8.93. The third kappa shape index (κ3) is 6.92. The lowest BCUT2D eigenvalue weighted by Gasteiger charge is -2.29. The Morgan fingerprint density at radius 1 is 0.487 bits per heavy atom. The van der Waals surface area contributed by atoms with Crippen molar-refractivity contribution >= 4 is 24.8 Å². The molecule has 4 rings (SSSR count). The molecule has 0 heterocycles. The molecule has 0 saturated carbocycles. The first-order valence-electron chi connectivity index (χ1n) is 11.9. The van der Waals surface area contributed by atoms with E-state index in [9.17, 15) is 36.4 Å². The highest BCUT2D eigenvalue weighted by Crippen LogP contribution is 2.32. The van der Waals surface area contributed by atoms with Gasteiger partial charge in [-0.1, -0.05) is 109 Å². The Kier molecular flexibility index (Phi) is 8.54. The number of hydrogen-bond acceptors (Lipinski definition) is 3. The van der Waals surface area contributed by atoms with Gasteiger partial charge in [0.2, 0.25) is 0 Å². The van der Waals surface area contributed by atoms with Crippen LogP contribution in [0.3, 0.4) is 0 Å². The Hall–Kier alpha value is -3.53. The summed E-state index contributed by atoms with van der Waals surface area (Å²) in [6, 6.07) is 22.6. The molecule has 0 bridgehead atoms. The molecule has 2 atom stereocenters. The fraction of sp³-hybridized carbons (Fsp3) is 0.143. The molecule has 2 unspecified atom stereocenters. The van der Waals surface area contributed by atoms with Crippen LogP contribution in [0, 0.1) is 0 Å². The van der Waals surface area contributed by atoms with Crippen molar-refractivity contribution in [3.63, 3.8) is 0 Å². The lowest BCUT2D eigenvalue weighted by molar-refractivity contribution is -0.138.